The summed E-state index contributed by atoms with van der Waals surface area (Å²) in [7, 11) is 5.42. The van der Waals surface area contributed by atoms with Crippen LogP contribution in [0.2, 0.25) is 0 Å². The third-order valence-corrected chi connectivity index (χ3v) is 11.1. The number of nitrogens with one attached hydrogen (secondary N) is 1. The maximum absolute atomic E-state index is 14.2. The third-order valence-electron chi connectivity index (χ3n) is 11.1. The first-order chi connectivity index (χ1) is 22.8. The highest BCUT2D eigenvalue weighted by Gasteiger charge is 2.36. The number of methoxy groups -OCH3 is 2. The Labute approximate surface area is 279 Å². The molecule has 4 aliphatic rings. The molecule has 6 rings (SSSR count). The number of fused-ring (bicyclic) bond motifs is 1. The number of anilines is 1. The van der Waals surface area contributed by atoms with E-state index >= 15 is 0 Å². The van der Waals surface area contributed by atoms with Gasteiger partial charge in [0.05, 0.1) is 20.1 Å². The monoisotopic (exact) mass is 645 g/mol. The van der Waals surface area contributed by atoms with Crippen LogP contribution in [0.3, 0.4) is 0 Å². The van der Waals surface area contributed by atoms with E-state index in [9.17, 15) is 14.4 Å². The van der Waals surface area contributed by atoms with Crippen molar-refractivity contribution in [2.75, 3.05) is 65.9 Å². The van der Waals surface area contributed by atoms with Gasteiger partial charge in [-0.2, -0.15) is 0 Å². The van der Waals surface area contributed by atoms with E-state index in [-0.39, 0.29) is 30.3 Å². The van der Waals surface area contributed by atoms with Gasteiger partial charge in [0, 0.05) is 50.9 Å². The second-order valence-corrected chi connectivity index (χ2v) is 13.9. The number of carbonyl (C=O) groups excluding carboxylic acids is 3. The second kappa shape index (κ2) is 15.0. The summed E-state index contributed by atoms with van der Waals surface area (Å²) in [5, 5.41) is 3.02. The first-order valence-corrected chi connectivity index (χ1v) is 17.4. The molecule has 2 aromatic rings. The Balaban J connectivity index is 1.09. The minimum absolute atomic E-state index is 0.0110. The van der Waals surface area contributed by atoms with E-state index in [1.807, 2.05) is 57.2 Å². The lowest BCUT2D eigenvalue weighted by atomic mass is 9.78. The smallest absolute Gasteiger partial charge is 0.322 e. The summed E-state index contributed by atoms with van der Waals surface area (Å²) in [5.41, 5.74) is 2.93. The number of ether oxygens (including phenoxy) is 2. The Kier molecular flexibility index (Phi) is 10.5. The van der Waals surface area contributed by atoms with Crippen LogP contribution in [0.1, 0.15) is 56.1 Å². The minimum Gasteiger partial charge on any atom is -0.493 e. The summed E-state index contributed by atoms with van der Waals surface area (Å²) in [6.45, 7) is 5.59. The van der Waals surface area contributed by atoms with E-state index in [2.05, 4.69) is 17.3 Å². The van der Waals surface area contributed by atoms with Crippen LogP contribution in [0.4, 0.5) is 10.5 Å². The van der Waals surface area contributed by atoms with Crippen molar-refractivity contribution < 1.29 is 23.9 Å². The molecule has 0 aliphatic carbocycles. The summed E-state index contributed by atoms with van der Waals surface area (Å²) >= 11 is 0. The first-order valence-electron chi connectivity index (χ1n) is 17.4. The Morgan fingerprint density at radius 3 is 2.15 bits per heavy atom. The molecule has 47 heavy (non-hydrogen) atoms. The van der Waals surface area contributed by atoms with Crippen LogP contribution in [-0.2, 0) is 22.6 Å². The average Bonchev–Trinajstić information content (AvgIpc) is 3.11. The molecular weight excluding hydrogens is 594 g/mol. The van der Waals surface area contributed by atoms with Gasteiger partial charge in [-0.15, -0.1) is 0 Å². The van der Waals surface area contributed by atoms with Crippen LogP contribution in [0.5, 0.6) is 11.5 Å². The fourth-order valence-electron chi connectivity index (χ4n) is 8.17. The molecule has 0 aromatic heterocycles. The number of rotatable bonds is 9. The number of urea groups is 1. The molecule has 10 heteroatoms. The molecule has 4 aliphatic heterocycles. The van der Waals surface area contributed by atoms with Gasteiger partial charge < -0.3 is 34.4 Å². The molecule has 1 N–H and O–H groups in total. The summed E-state index contributed by atoms with van der Waals surface area (Å²) in [4.78, 5) is 49.1. The highest BCUT2D eigenvalue weighted by molar-refractivity contribution is 5.92. The number of amides is 4. The van der Waals surface area contributed by atoms with Crippen LogP contribution in [0.25, 0.3) is 0 Å². The van der Waals surface area contributed by atoms with Crippen molar-refractivity contribution in [3.8, 4) is 11.5 Å². The van der Waals surface area contributed by atoms with Crippen molar-refractivity contribution >= 4 is 23.5 Å². The molecule has 3 saturated heterocycles. The fourth-order valence-corrected chi connectivity index (χ4v) is 8.17. The van der Waals surface area contributed by atoms with Gasteiger partial charge in [-0.1, -0.05) is 24.3 Å². The van der Waals surface area contributed by atoms with Gasteiger partial charge in [0.15, 0.2) is 11.5 Å². The van der Waals surface area contributed by atoms with Gasteiger partial charge in [-0.3, -0.25) is 9.59 Å². The lowest BCUT2D eigenvalue weighted by molar-refractivity contribution is -0.143. The normalized spacial score (nSPS) is 20.8. The van der Waals surface area contributed by atoms with Gasteiger partial charge in [-0.05, 0) is 106 Å². The van der Waals surface area contributed by atoms with Crippen molar-refractivity contribution in [3.63, 3.8) is 0 Å². The van der Waals surface area contributed by atoms with E-state index < -0.39 is 5.92 Å². The Bertz CT molecular complexity index is 1410. The molecule has 4 amide bonds. The van der Waals surface area contributed by atoms with Crippen LogP contribution in [0, 0.1) is 17.8 Å². The zero-order chi connectivity index (χ0) is 32.9. The summed E-state index contributed by atoms with van der Waals surface area (Å²) in [6.07, 6.45) is 6.66. The van der Waals surface area contributed by atoms with E-state index in [4.69, 9.17) is 9.47 Å². The predicted octanol–water partition coefficient (Wildman–Crippen LogP) is 4.87. The van der Waals surface area contributed by atoms with Gasteiger partial charge >= 0.3 is 6.03 Å². The maximum atomic E-state index is 14.2. The molecule has 0 spiro atoms. The zero-order valence-corrected chi connectivity index (χ0v) is 28.3. The van der Waals surface area contributed by atoms with E-state index in [0.717, 1.165) is 74.6 Å². The molecule has 0 saturated carbocycles. The number of nitrogens with zero attached hydrogens (tertiary/aromatic N) is 4. The Morgan fingerprint density at radius 2 is 1.47 bits per heavy atom. The second-order valence-electron chi connectivity index (χ2n) is 13.9. The Morgan fingerprint density at radius 1 is 0.830 bits per heavy atom. The van der Waals surface area contributed by atoms with Crippen molar-refractivity contribution in [2.24, 2.45) is 17.8 Å². The molecule has 0 bridgehead atoms. The van der Waals surface area contributed by atoms with E-state index in [1.165, 1.54) is 12.8 Å². The number of para-hydroxylation sites is 1. The third kappa shape index (κ3) is 7.69. The number of hydrogen-bond acceptors (Lipinski definition) is 6. The molecule has 4 heterocycles. The number of benzene rings is 2. The van der Waals surface area contributed by atoms with Crippen LogP contribution < -0.4 is 14.8 Å². The fraction of sp³-hybridized carbons (Fsp3) is 0.595. The van der Waals surface area contributed by atoms with Crippen molar-refractivity contribution in [2.45, 2.75) is 64.0 Å². The standard InChI is InChI=1S/C37H51N5O5/c1-39-16-10-27(11-17-39)28-12-18-41(19-13-28)36(44)30(22-26-8-9-33(46-2)34(23-26)47-3)24-35(43)40-20-14-31(15-21-40)42-25-29-6-4-5-7-32(29)38-37(42)45/h4-9,23,27-28,30-31H,10-22,24-25H2,1-3H3,(H,38,45). The molecule has 10 nitrogen and oxygen atoms in total. The average molecular weight is 646 g/mol. The highest BCUT2D eigenvalue weighted by atomic mass is 16.5. The van der Waals surface area contributed by atoms with Gasteiger partial charge in [0.2, 0.25) is 11.8 Å². The highest BCUT2D eigenvalue weighted by Crippen LogP contribution is 2.34. The molecule has 2 aromatic carbocycles. The minimum atomic E-state index is -0.456. The van der Waals surface area contributed by atoms with Gasteiger partial charge in [-0.25, -0.2) is 4.79 Å². The lowest BCUT2D eigenvalue weighted by Gasteiger charge is -2.41. The Hall–Kier alpha value is -3.79. The molecular formula is C37H51N5O5. The van der Waals surface area contributed by atoms with E-state index in [1.54, 1.807) is 14.2 Å². The SMILES string of the molecule is COc1ccc(CC(CC(=O)N2CCC(N3Cc4ccccc4NC3=O)CC2)C(=O)N2CCC(C3CCN(C)CC3)CC2)cc1OC. The van der Waals surface area contributed by atoms with E-state index in [0.29, 0.717) is 43.5 Å². The molecule has 1 atom stereocenters. The summed E-state index contributed by atoms with van der Waals surface area (Å²) in [5.74, 6) is 2.32. The molecule has 254 valence electrons. The van der Waals surface area contributed by atoms with Gasteiger partial charge in [0.1, 0.15) is 0 Å². The van der Waals surface area contributed by atoms with Crippen LogP contribution in [-0.4, -0.2) is 104 Å². The van der Waals surface area contributed by atoms with Crippen molar-refractivity contribution in [1.82, 2.24) is 19.6 Å². The van der Waals surface area contributed by atoms with Crippen molar-refractivity contribution in [1.29, 1.82) is 0 Å². The molecule has 1 unspecified atom stereocenters. The summed E-state index contributed by atoms with van der Waals surface area (Å²) < 4.78 is 11.0. The number of likely N-dealkylation sites (tertiary alicyclic amines) is 3. The van der Waals surface area contributed by atoms with Crippen LogP contribution >= 0.6 is 0 Å². The first kappa shape index (κ1) is 33.1. The van der Waals surface area contributed by atoms with Crippen molar-refractivity contribution in [3.05, 3.63) is 53.6 Å². The quantitative estimate of drug-likeness (QED) is 0.418. The number of hydrogen-bond donors (Lipinski definition) is 1. The topological polar surface area (TPSA) is 94.7 Å². The maximum Gasteiger partial charge on any atom is 0.322 e. The predicted molar refractivity (Wildman–Crippen MR) is 181 cm³/mol. The summed E-state index contributed by atoms with van der Waals surface area (Å²) in [6, 6.07) is 13.7. The zero-order valence-electron chi connectivity index (χ0n) is 28.3. The number of carbonyl (C=O) groups is 3. The molecule has 0 radical (unpaired) electrons. The molecule has 3 fully saturated rings. The van der Waals surface area contributed by atoms with Crippen LogP contribution in [0.15, 0.2) is 42.5 Å². The largest absolute Gasteiger partial charge is 0.493 e. The lowest BCUT2D eigenvalue weighted by Crippen LogP contribution is -2.51. The van der Waals surface area contributed by atoms with Gasteiger partial charge in [0.25, 0.3) is 0 Å². The number of piperidine rings is 3.